The highest BCUT2D eigenvalue weighted by Crippen LogP contribution is 2.42. The molecule has 132 valence electrons. The molecule has 3 heteroatoms. The third-order valence-electron chi connectivity index (χ3n) is 5.55. The van der Waals surface area contributed by atoms with E-state index in [4.69, 9.17) is 14.2 Å². The zero-order chi connectivity index (χ0) is 17.2. The maximum Gasteiger partial charge on any atom is 0.126 e. The topological polar surface area (TPSA) is 31.0 Å². The van der Waals surface area contributed by atoms with E-state index in [0.717, 1.165) is 43.8 Å². The first-order chi connectivity index (χ1) is 11.6. The van der Waals surface area contributed by atoms with E-state index in [1.807, 2.05) is 12.1 Å². The molecule has 0 amide bonds. The van der Waals surface area contributed by atoms with E-state index in [-0.39, 0.29) is 5.60 Å². The molecule has 2 aliphatic heterocycles. The fourth-order valence-corrected chi connectivity index (χ4v) is 3.40. The van der Waals surface area contributed by atoms with E-state index in [1.54, 1.807) is 0 Å². The van der Waals surface area contributed by atoms with E-state index in [0.29, 0.717) is 18.6 Å². The number of allylic oxidation sites excluding steroid dienone is 1. The van der Waals surface area contributed by atoms with Crippen molar-refractivity contribution in [2.24, 2.45) is 0 Å². The molecule has 0 radical (unpaired) electrons. The number of hydrogen-bond donors (Lipinski definition) is 0. The highest BCUT2D eigenvalue weighted by Gasteiger charge is 2.49. The Labute approximate surface area is 146 Å². The summed E-state index contributed by atoms with van der Waals surface area (Å²) in [7, 11) is 0. The van der Waals surface area contributed by atoms with Crippen molar-refractivity contribution < 1.29 is 14.2 Å². The Hall–Kier alpha value is -1.48. The molecule has 1 saturated heterocycles. The Balaban J connectivity index is 1.48. The molecule has 2 heterocycles. The van der Waals surface area contributed by atoms with Crippen LogP contribution in [0.3, 0.4) is 0 Å². The Bertz CT molecular complexity index is 607. The fourth-order valence-electron chi connectivity index (χ4n) is 3.40. The van der Waals surface area contributed by atoms with Crippen LogP contribution in [0.2, 0.25) is 0 Å². The van der Waals surface area contributed by atoms with Crippen LogP contribution in [0.25, 0.3) is 0 Å². The molecule has 1 aromatic rings. The van der Waals surface area contributed by atoms with Gasteiger partial charge in [0.15, 0.2) is 0 Å². The van der Waals surface area contributed by atoms with Crippen LogP contribution in [0.5, 0.6) is 11.5 Å². The quantitative estimate of drug-likeness (QED) is 0.482. The van der Waals surface area contributed by atoms with Crippen molar-refractivity contribution >= 4 is 0 Å². The Morgan fingerprint density at radius 2 is 2.21 bits per heavy atom. The summed E-state index contributed by atoms with van der Waals surface area (Å²) in [5.74, 6) is 2.35. The SMILES string of the molecule is CC/C(=C\COc1ccc2c(c1)OCC2C)CCC1OC1(C)CC. The molecule has 0 aromatic heterocycles. The Morgan fingerprint density at radius 3 is 2.92 bits per heavy atom. The molecule has 0 aliphatic carbocycles. The number of rotatable bonds is 8. The van der Waals surface area contributed by atoms with E-state index in [1.165, 1.54) is 11.1 Å². The number of epoxide rings is 1. The van der Waals surface area contributed by atoms with Crippen LogP contribution in [0, 0.1) is 0 Å². The molecule has 3 nitrogen and oxygen atoms in total. The van der Waals surface area contributed by atoms with Gasteiger partial charge in [-0.05, 0) is 44.7 Å². The predicted octanol–water partition coefficient (Wildman–Crippen LogP) is 5.25. The van der Waals surface area contributed by atoms with Crippen molar-refractivity contribution in [1.82, 2.24) is 0 Å². The van der Waals surface area contributed by atoms with Crippen LogP contribution in [0.1, 0.15) is 64.9 Å². The lowest BCUT2D eigenvalue weighted by Crippen LogP contribution is -2.07. The maximum atomic E-state index is 5.90. The van der Waals surface area contributed by atoms with Gasteiger partial charge in [-0.1, -0.05) is 32.4 Å². The lowest BCUT2D eigenvalue weighted by Gasteiger charge is -2.08. The molecule has 2 aliphatic rings. The summed E-state index contributed by atoms with van der Waals surface area (Å²) in [6.45, 7) is 10.2. The zero-order valence-electron chi connectivity index (χ0n) is 15.4. The van der Waals surface area contributed by atoms with Gasteiger partial charge in [-0.3, -0.25) is 0 Å². The third kappa shape index (κ3) is 3.77. The van der Waals surface area contributed by atoms with Gasteiger partial charge >= 0.3 is 0 Å². The average molecular weight is 330 g/mol. The number of hydrogen-bond acceptors (Lipinski definition) is 3. The van der Waals surface area contributed by atoms with E-state index in [2.05, 4.69) is 39.8 Å². The van der Waals surface area contributed by atoms with Crippen LogP contribution in [0.15, 0.2) is 29.8 Å². The first kappa shape index (κ1) is 17.3. The van der Waals surface area contributed by atoms with E-state index >= 15 is 0 Å². The summed E-state index contributed by atoms with van der Waals surface area (Å²) in [6, 6.07) is 6.19. The molecule has 0 spiro atoms. The Morgan fingerprint density at radius 1 is 1.38 bits per heavy atom. The van der Waals surface area contributed by atoms with E-state index in [9.17, 15) is 0 Å². The van der Waals surface area contributed by atoms with Gasteiger partial charge in [-0.2, -0.15) is 0 Å². The predicted molar refractivity (Wildman–Crippen MR) is 97.0 cm³/mol. The second-order valence-corrected chi connectivity index (χ2v) is 7.25. The number of ether oxygens (including phenoxy) is 3. The molecule has 3 atom stereocenters. The summed E-state index contributed by atoms with van der Waals surface area (Å²) in [6.07, 6.45) is 7.06. The van der Waals surface area contributed by atoms with Crippen molar-refractivity contribution in [3.63, 3.8) is 0 Å². The van der Waals surface area contributed by atoms with Crippen LogP contribution in [-0.4, -0.2) is 24.9 Å². The van der Waals surface area contributed by atoms with Gasteiger partial charge < -0.3 is 14.2 Å². The monoisotopic (exact) mass is 330 g/mol. The van der Waals surface area contributed by atoms with Crippen LogP contribution in [-0.2, 0) is 4.74 Å². The van der Waals surface area contributed by atoms with Crippen LogP contribution >= 0.6 is 0 Å². The minimum atomic E-state index is 0.136. The van der Waals surface area contributed by atoms with Crippen molar-refractivity contribution in [2.75, 3.05) is 13.2 Å². The van der Waals surface area contributed by atoms with Crippen molar-refractivity contribution in [2.45, 2.75) is 71.0 Å². The standard InChI is InChI=1S/C21H30O3/c1-5-16(7-10-20-21(4,6-2)24-20)11-12-22-17-8-9-18-15(3)14-23-19(18)13-17/h8-9,11,13,15,20H,5-7,10,12,14H2,1-4H3/b16-11+. The molecule has 1 aromatic carbocycles. The van der Waals surface area contributed by atoms with Crippen molar-refractivity contribution in [1.29, 1.82) is 0 Å². The van der Waals surface area contributed by atoms with Crippen molar-refractivity contribution in [3.05, 3.63) is 35.4 Å². The maximum absolute atomic E-state index is 5.90. The van der Waals surface area contributed by atoms with Gasteiger partial charge in [-0.25, -0.2) is 0 Å². The largest absolute Gasteiger partial charge is 0.493 e. The molecule has 0 saturated carbocycles. The van der Waals surface area contributed by atoms with Crippen LogP contribution in [0.4, 0.5) is 0 Å². The molecule has 3 rings (SSSR count). The second kappa shape index (κ2) is 7.18. The normalized spacial score (nSPS) is 28.4. The number of benzene rings is 1. The average Bonchev–Trinajstić information content (AvgIpc) is 3.12. The van der Waals surface area contributed by atoms with Crippen molar-refractivity contribution in [3.8, 4) is 11.5 Å². The molecule has 24 heavy (non-hydrogen) atoms. The van der Waals surface area contributed by atoms with Gasteiger partial charge in [0.25, 0.3) is 0 Å². The third-order valence-corrected chi connectivity index (χ3v) is 5.55. The molecular weight excluding hydrogens is 300 g/mol. The summed E-state index contributed by atoms with van der Waals surface area (Å²) in [4.78, 5) is 0. The molecule has 3 unspecified atom stereocenters. The summed E-state index contributed by atoms with van der Waals surface area (Å²) < 4.78 is 17.4. The first-order valence-corrected chi connectivity index (χ1v) is 9.31. The van der Waals surface area contributed by atoms with Gasteiger partial charge in [0.1, 0.15) is 18.1 Å². The van der Waals surface area contributed by atoms with Crippen LogP contribution < -0.4 is 9.47 Å². The minimum Gasteiger partial charge on any atom is -0.493 e. The zero-order valence-corrected chi connectivity index (χ0v) is 15.4. The van der Waals surface area contributed by atoms with Gasteiger partial charge in [0.05, 0.1) is 18.3 Å². The van der Waals surface area contributed by atoms with Gasteiger partial charge in [0, 0.05) is 17.5 Å². The fraction of sp³-hybridized carbons (Fsp3) is 0.619. The highest BCUT2D eigenvalue weighted by atomic mass is 16.6. The first-order valence-electron chi connectivity index (χ1n) is 9.31. The molecular formula is C21H30O3. The van der Waals surface area contributed by atoms with Gasteiger partial charge in [0.2, 0.25) is 0 Å². The summed E-state index contributed by atoms with van der Waals surface area (Å²) in [5, 5.41) is 0. The Kier molecular flexibility index (Phi) is 5.19. The van der Waals surface area contributed by atoms with E-state index < -0.39 is 0 Å². The minimum absolute atomic E-state index is 0.136. The second-order valence-electron chi connectivity index (χ2n) is 7.25. The highest BCUT2D eigenvalue weighted by molar-refractivity contribution is 5.45. The summed E-state index contributed by atoms with van der Waals surface area (Å²) >= 11 is 0. The molecule has 0 bridgehead atoms. The lowest BCUT2D eigenvalue weighted by atomic mass is 9.98. The lowest BCUT2D eigenvalue weighted by molar-refractivity contribution is 0.300. The number of fused-ring (bicyclic) bond motifs is 1. The van der Waals surface area contributed by atoms with Gasteiger partial charge in [-0.15, -0.1) is 0 Å². The molecule has 0 N–H and O–H groups in total. The summed E-state index contributed by atoms with van der Waals surface area (Å²) in [5.41, 5.74) is 2.88. The smallest absolute Gasteiger partial charge is 0.126 e. The molecule has 1 fully saturated rings.